The van der Waals surface area contributed by atoms with Crippen LogP contribution in [0, 0.1) is 17.3 Å². The molecule has 7 heteroatoms. The smallest absolute Gasteiger partial charge is 0.150 e. The molecular formula is C23H23Cl2N3O2. The predicted molar refractivity (Wildman–Crippen MR) is 122 cm³/mol. The minimum Gasteiger partial charge on any atom is -0.507 e. The molecule has 0 aliphatic heterocycles. The highest BCUT2D eigenvalue weighted by molar-refractivity contribution is 6.42. The molecule has 0 amide bonds. The molecule has 2 aromatic carbocycles. The number of anilines is 1. The monoisotopic (exact) mass is 443 g/mol. The third-order valence-electron chi connectivity index (χ3n) is 4.22. The predicted octanol–water partition coefficient (Wildman–Crippen LogP) is 5.60. The van der Waals surface area contributed by atoms with E-state index in [0.717, 1.165) is 0 Å². The van der Waals surface area contributed by atoms with Gasteiger partial charge in [0.15, 0.2) is 6.23 Å². The van der Waals surface area contributed by atoms with Gasteiger partial charge in [-0.05, 0) is 51.1 Å². The summed E-state index contributed by atoms with van der Waals surface area (Å²) in [5.74, 6) is 6.42. The van der Waals surface area contributed by atoms with Gasteiger partial charge in [0.1, 0.15) is 11.4 Å². The summed E-state index contributed by atoms with van der Waals surface area (Å²) < 4.78 is 1.66. The van der Waals surface area contributed by atoms with Crippen molar-refractivity contribution in [1.29, 1.82) is 0 Å². The highest BCUT2D eigenvalue weighted by atomic mass is 35.5. The van der Waals surface area contributed by atoms with E-state index in [9.17, 15) is 10.2 Å². The molecule has 0 fully saturated rings. The summed E-state index contributed by atoms with van der Waals surface area (Å²) >= 11 is 12.0. The summed E-state index contributed by atoms with van der Waals surface area (Å²) in [4.78, 5) is 0. The first kappa shape index (κ1) is 22.0. The second-order valence-electron chi connectivity index (χ2n) is 8.02. The average molecular weight is 444 g/mol. The summed E-state index contributed by atoms with van der Waals surface area (Å²) in [5, 5.41) is 29.2. The fourth-order valence-corrected chi connectivity index (χ4v) is 3.08. The zero-order chi connectivity index (χ0) is 22.1. The first-order chi connectivity index (χ1) is 14.0. The van der Waals surface area contributed by atoms with Gasteiger partial charge in [-0.15, -0.1) is 0 Å². The van der Waals surface area contributed by atoms with Gasteiger partial charge in [0.25, 0.3) is 0 Å². The van der Waals surface area contributed by atoms with Gasteiger partial charge in [-0.2, -0.15) is 5.10 Å². The van der Waals surface area contributed by atoms with E-state index < -0.39 is 6.23 Å². The number of aliphatic hydroxyl groups excluding tert-OH is 1. The molecule has 1 aromatic heterocycles. The second kappa shape index (κ2) is 8.61. The van der Waals surface area contributed by atoms with Crippen LogP contribution in [-0.4, -0.2) is 20.0 Å². The molecule has 0 spiro atoms. The quantitative estimate of drug-likeness (QED) is 0.278. The normalized spacial score (nSPS) is 12.2. The Kier molecular flexibility index (Phi) is 6.33. The third kappa shape index (κ3) is 5.28. The van der Waals surface area contributed by atoms with Gasteiger partial charge < -0.3 is 15.5 Å². The van der Waals surface area contributed by atoms with Crippen LogP contribution in [0.1, 0.15) is 38.1 Å². The lowest BCUT2D eigenvalue weighted by molar-refractivity contribution is 0.208. The Hall–Kier alpha value is -2.65. The molecule has 0 radical (unpaired) electrons. The first-order valence-corrected chi connectivity index (χ1v) is 10.1. The Morgan fingerprint density at radius 2 is 1.83 bits per heavy atom. The first-order valence-electron chi connectivity index (χ1n) is 9.33. The van der Waals surface area contributed by atoms with E-state index in [0.29, 0.717) is 38.1 Å². The molecule has 0 saturated heterocycles. The molecule has 1 unspecified atom stereocenters. The van der Waals surface area contributed by atoms with Gasteiger partial charge in [-0.1, -0.05) is 41.1 Å². The molecule has 1 atom stereocenters. The van der Waals surface area contributed by atoms with Gasteiger partial charge in [0.05, 0.1) is 15.6 Å². The second-order valence-corrected chi connectivity index (χ2v) is 8.83. The van der Waals surface area contributed by atoms with E-state index in [1.54, 1.807) is 48.1 Å². The fourth-order valence-electron chi connectivity index (χ4n) is 2.77. The van der Waals surface area contributed by atoms with Crippen molar-refractivity contribution in [2.75, 3.05) is 5.32 Å². The molecule has 1 heterocycles. The van der Waals surface area contributed by atoms with E-state index in [2.05, 4.69) is 22.3 Å². The van der Waals surface area contributed by atoms with Crippen molar-refractivity contribution >= 4 is 28.9 Å². The van der Waals surface area contributed by atoms with Crippen molar-refractivity contribution < 1.29 is 10.2 Å². The number of hydrogen-bond acceptors (Lipinski definition) is 4. The van der Waals surface area contributed by atoms with Crippen LogP contribution in [0.15, 0.2) is 42.6 Å². The summed E-state index contributed by atoms with van der Waals surface area (Å²) in [6.45, 7) is 6.09. The van der Waals surface area contributed by atoms with Gasteiger partial charge in [0, 0.05) is 35.5 Å². The largest absolute Gasteiger partial charge is 0.507 e. The molecule has 5 nitrogen and oxygen atoms in total. The number of aliphatic hydroxyl groups is 1. The van der Waals surface area contributed by atoms with Crippen LogP contribution in [0.5, 0.6) is 5.75 Å². The molecule has 3 N–H and O–H groups in total. The van der Waals surface area contributed by atoms with E-state index in [1.165, 1.54) is 0 Å². The number of phenols is 1. The molecule has 0 aliphatic carbocycles. The molecule has 0 aliphatic rings. The summed E-state index contributed by atoms with van der Waals surface area (Å²) in [7, 11) is 1.80. The molecule has 0 saturated carbocycles. The molecule has 156 valence electrons. The summed E-state index contributed by atoms with van der Waals surface area (Å²) in [6.07, 6.45) is 0.805. The Bertz CT molecular complexity index is 1140. The van der Waals surface area contributed by atoms with E-state index >= 15 is 0 Å². The van der Waals surface area contributed by atoms with Crippen LogP contribution < -0.4 is 5.32 Å². The van der Waals surface area contributed by atoms with Crippen molar-refractivity contribution in [3.05, 3.63) is 63.8 Å². The highest BCUT2D eigenvalue weighted by Gasteiger charge is 2.16. The molecule has 3 rings (SSSR count). The Balaban J connectivity index is 1.94. The van der Waals surface area contributed by atoms with Crippen molar-refractivity contribution in [1.82, 2.24) is 9.78 Å². The van der Waals surface area contributed by atoms with Crippen LogP contribution in [0.25, 0.3) is 11.3 Å². The van der Waals surface area contributed by atoms with Gasteiger partial charge in [-0.3, -0.25) is 4.68 Å². The maximum absolute atomic E-state index is 10.5. The zero-order valence-corrected chi connectivity index (χ0v) is 18.7. The van der Waals surface area contributed by atoms with E-state index in [1.807, 2.05) is 27.0 Å². The Labute approximate surface area is 186 Å². The fraction of sp³-hybridized carbons (Fsp3) is 0.261. The maximum Gasteiger partial charge on any atom is 0.150 e. The Morgan fingerprint density at radius 3 is 2.50 bits per heavy atom. The van der Waals surface area contributed by atoms with E-state index in [-0.39, 0.29) is 11.2 Å². The lowest BCUT2D eigenvalue weighted by Crippen LogP contribution is -2.09. The van der Waals surface area contributed by atoms with Crippen LogP contribution in [0.2, 0.25) is 10.0 Å². The number of hydrogen-bond donors (Lipinski definition) is 3. The number of nitrogens with one attached hydrogen (secondary N) is 1. The number of benzene rings is 2. The molecule has 0 bridgehead atoms. The average Bonchev–Trinajstić information content (AvgIpc) is 3.03. The van der Waals surface area contributed by atoms with Crippen LogP contribution in [0.3, 0.4) is 0 Å². The molecule has 3 aromatic rings. The number of nitrogens with zero attached hydrogens (tertiary/aromatic N) is 2. The standard InChI is InChI=1S/C23H23Cl2N3O2/c1-23(2,3)10-9-15-13-28(4)27-21(15)17-12-16(6-8-20(17)29)26-22(30)14-5-7-18(24)19(25)11-14/h5-8,11-13,22,26,29-30H,1-4H3. The number of aryl methyl sites for hydroxylation is 1. The van der Waals surface area contributed by atoms with Crippen LogP contribution in [-0.2, 0) is 7.05 Å². The van der Waals surface area contributed by atoms with E-state index in [4.69, 9.17) is 23.2 Å². The van der Waals surface area contributed by atoms with Crippen LogP contribution in [0.4, 0.5) is 5.69 Å². The summed E-state index contributed by atoms with van der Waals surface area (Å²) in [6, 6.07) is 9.85. The minimum atomic E-state index is -1.01. The van der Waals surface area contributed by atoms with Crippen molar-refractivity contribution in [2.24, 2.45) is 12.5 Å². The van der Waals surface area contributed by atoms with Gasteiger partial charge >= 0.3 is 0 Å². The summed E-state index contributed by atoms with van der Waals surface area (Å²) in [5.41, 5.74) is 2.79. The van der Waals surface area contributed by atoms with Gasteiger partial charge in [-0.25, -0.2) is 0 Å². The van der Waals surface area contributed by atoms with Gasteiger partial charge in [0.2, 0.25) is 0 Å². The topological polar surface area (TPSA) is 70.3 Å². The molecule has 30 heavy (non-hydrogen) atoms. The maximum atomic E-state index is 10.5. The number of phenolic OH excluding ortho intramolecular Hbond substituents is 1. The van der Waals surface area contributed by atoms with Crippen LogP contribution >= 0.6 is 23.2 Å². The number of rotatable bonds is 4. The number of aromatic hydroxyl groups is 1. The van der Waals surface area contributed by atoms with Crippen molar-refractivity contribution in [3.63, 3.8) is 0 Å². The zero-order valence-electron chi connectivity index (χ0n) is 17.2. The highest BCUT2D eigenvalue weighted by Crippen LogP contribution is 2.34. The van der Waals surface area contributed by atoms with Crippen molar-refractivity contribution in [2.45, 2.75) is 27.0 Å². The number of aromatic nitrogens is 2. The molecular weight excluding hydrogens is 421 g/mol. The Morgan fingerprint density at radius 1 is 1.10 bits per heavy atom. The lowest BCUT2D eigenvalue weighted by atomic mass is 9.97. The SMILES string of the molecule is Cn1cc(C#CC(C)(C)C)c(-c2cc(NC(O)c3ccc(Cl)c(Cl)c3)ccc2O)n1. The number of halogens is 2. The third-order valence-corrected chi connectivity index (χ3v) is 4.95. The lowest BCUT2D eigenvalue weighted by Gasteiger charge is -2.16. The minimum absolute atomic E-state index is 0.0714. The van der Waals surface area contributed by atoms with Crippen molar-refractivity contribution in [3.8, 4) is 28.8 Å².